The summed E-state index contributed by atoms with van der Waals surface area (Å²) in [7, 11) is -3.53. The van der Waals surface area contributed by atoms with Crippen LogP contribution in [0.5, 0.6) is 0 Å². The van der Waals surface area contributed by atoms with Crippen molar-refractivity contribution >= 4 is 38.7 Å². The van der Waals surface area contributed by atoms with Crippen LogP contribution in [0.15, 0.2) is 47.7 Å². The number of aliphatic imine (C=N–C) groups is 1. The molecule has 1 aromatic heterocycles. The highest BCUT2D eigenvalue weighted by Gasteiger charge is 2.52. The molecule has 0 bridgehead atoms. The van der Waals surface area contributed by atoms with Gasteiger partial charge in [-0.1, -0.05) is 0 Å². The lowest BCUT2D eigenvalue weighted by Crippen LogP contribution is -2.48. The van der Waals surface area contributed by atoms with Gasteiger partial charge < -0.3 is 10.0 Å². The molecule has 1 fully saturated rings. The Morgan fingerprint density at radius 1 is 1.17 bits per heavy atom. The maximum absolute atomic E-state index is 12.8. The number of nitrogens with zero attached hydrogens (tertiary/aromatic N) is 3. The van der Waals surface area contributed by atoms with Crippen LogP contribution in [-0.2, 0) is 10.0 Å². The van der Waals surface area contributed by atoms with Gasteiger partial charge in [0.1, 0.15) is 5.84 Å². The number of nitrogens with one attached hydrogen (secondary N) is 1. The number of rotatable bonds is 3. The third kappa shape index (κ3) is 3.10. The topological polar surface area (TPSA) is 112 Å². The Balaban J connectivity index is 1.65. The van der Waals surface area contributed by atoms with Gasteiger partial charge in [-0.3, -0.25) is 14.5 Å². The normalized spacial score (nSPS) is 21.4. The van der Waals surface area contributed by atoms with Gasteiger partial charge in [0, 0.05) is 30.5 Å². The van der Waals surface area contributed by atoms with E-state index in [2.05, 4.69) is 14.7 Å². The van der Waals surface area contributed by atoms with Crippen LogP contribution in [0.25, 0.3) is 0 Å². The molecule has 3 heterocycles. The minimum absolute atomic E-state index is 0.227. The Labute approximate surface area is 169 Å². The molecule has 2 aliphatic rings. The second-order valence-electron chi connectivity index (χ2n) is 8.18. The van der Waals surface area contributed by atoms with Crippen LogP contribution in [0.2, 0.25) is 0 Å². The molecule has 2 aromatic rings. The van der Waals surface area contributed by atoms with Crippen molar-refractivity contribution in [3.63, 3.8) is 0 Å². The largest absolute Gasteiger partial charge is 0.374 e. The number of ketones is 1. The Hall–Kier alpha value is -2.78. The number of pyridine rings is 1. The highest BCUT2D eigenvalue weighted by Crippen LogP contribution is 2.39. The van der Waals surface area contributed by atoms with E-state index in [0.29, 0.717) is 29.2 Å². The Morgan fingerprint density at radius 2 is 1.86 bits per heavy atom. The zero-order valence-corrected chi connectivity index (χ0v) is 17.2. The van der Waals surface area contributed by atoms with Crippen LogP contribution in [0, 0.1) is 0 Å². The molecule has 4 rings (SSSR count). The van der Waals surface area contributed by atoms with Crippen molar-refractivity contribution in [2.24, 2.45) is 4.99 Å². The summed E-state index contributed by atoms with van der Waals surface area (Å²) in [6, 6.07) is 8.33. The number of hydrogen-bond acceptors (Lipinski definition) is 7. The molecule has 2 N–H and O–H groups in total. The van der Waals surface area contributed by atoms with E-state index >= 15 is 0 Å². The summed E-state index contributed by atoms with van der Waals surface area (Å²) in [5, 5.41) is 11.0. The average Bonchev–Trinajstić information content (AvgIpc) is 2.99. The molecule has 9 heteroatoms. The lowest BCUT2D eigenvalue weighted by molar-refractivity contribution is 0.0602. The third-order valence-electron chi connectivity index (χ3n) is 5.21. The van der Waals surface area contributed by atoms with Gasteiger partial charge in [-0.05, 0) is 51.1 Å². The van der Waals surface area contributed by atoms with Crippen molar-refractivity contribution < 1.29 is 18.3 Å². The molecule has 152 valence electrons. The molecule has 0 saturated carbocycles. The molecule has 1 atom stereocenters. The Kier molecular flexibility index (Phi) is 4.29. The number of aliphatic hydroxyl groups is 1. The van der Waals surface area contributed by atoms with E-state index in [4.69, 9.17) is 0 Å². The SMILES string of the molecule is CC(C)(C)S(=O)(=O)Nc1ccc(N2CCC3(O)C(=O)c4ccncc4N=C23)cc1. The number of benzene rings is 1. The Bertz CT molecular complexity index is 1120. The minimum Gasteiger partial charge on any atom is -0.374 e. The summed E-state index contributed by atoms with van der Waals surface area (Å²) in [5.41, 5.74) is 0.271. The molecular weight excluding hydrogens is 392 g/mol. The first-order valence-electron chi connectivity index (χ1n) is 9.23. The van der Waals surface area contributed by atoms with Gasteiger partial charge in [0.15, 0.2) is 5.60 Å². The van der Waals surface area contributed by atoms with E-state index in [9.17, 15) is 18.3 Å². The molecule has 1 saturated heterocycles. The van der Waals surface area contributed by atoms with E-state index < -0.39 is 20.4 Å². The zero-order valence-electron chi connectivity index (χ0n) is 16.4. The smallest absolute Gasteiger partial charge is 0.237 e. The standard InChI is InChI=1S/C20H22N4O4S/c1-19(2,3)29(27,28)23-13-4-6-14(7-5-13)24-11-9-20(26)17(25)15-8-10-21-12-16(15)22-18(20)24/h4-8,10,12,23,26H,9,11H2,1-3H3. The molecule has 0 radical (unpaired) electrons. The van der Waals surface area contributed by atoms with Crippen molar-refractivity contribution in [1.82, 2.24) is 4.98 Å². The van der Waals surface area contributed by atoms with Gasteiger partial charge in [0.25, 0.3) is 0 Å². The number of hydrogen-bond donors (Lipinski definition) is 2. The molecule has 2 aliphatic heterocycles. The number of aromatic nitrogens is 1. The van der Waals surface area contributed by atoms with Crippen LogP contribution in [0.3, 0.4) is 0 Å². The lowest BCUT2D eigenvalue weighted by atomic mass is 9.88. The Morgan fingerprint density at radius 3 is 2.52 bits per heavy atom. The fourth-order valence-corrected chi connectivity index (χ4v) is 4.11. The zero-order chi connectivity index (χ0) is 21.0. The number of carbonyl (C=O) groups is 1. The number of Topliss-reactive ketones (excluding diaryl/α,β-unsaturated/α-hetero) is 1. The predicted octanol–water partition coefficient (Wildman–Crippen LogP) is 2.49. The first kappa shape index (κ1) is 19.5. The highest BCUT2D eigenvalue weighted by molar-refractivity contribution is 7.94. The predicted molar refractivity (Wildman–Crippen MR) is 111 cm³/mol. The molecule has 0 amide bonds. The molecule has 0 spiro atoms. The second kappa shape index (κ2) is 6.36. The molecule has 29 heavy (non-hydrogen) atoms. The van der Waals surface area contributed by atoms with Gasteiger partial charge in [-0.15, -0.1) is 0 Å². The average molecular weight is 414 g/mol. The van der Waals surface area contributed by atoms with Gasteiger partial charge in [-0.2, -0.15) is 0 Å². The van der Waals surface area contributed by atoms with Crippen molar-refractivity contribution in [3.8, 4) is 0 Å². The quantitative estimate of drug-likeness (QED) is 0.798. The first-order chi connectivity index (χ1) is 13.5. The van der Waals surface area contributed by atoms with Gasteiger partial charge >= 0.3 is 0 Å². The third-order valence-corrected chi connectivity index (χ3v) is 7.32. The molecular formula is C20H22N4O4S. The van der Waals surface area contributed by atoms with Crippen molar-refractivity contribution in [3.05, 3.63) is 48.3 Å². The summed E-state index contributed by atoms with van der Waals surface area (Å²) < 4.78 is 26.3. The van der Waals surface area contributed by atoms with E-state index in [1.807, 2.05) is 0 Å². The number of amidine groups is 1. The van der Waals surface area contributed by atoms with E-state index in [1.54, 1.807) is 56.0 Å². The first-order valence-corrected chi connectivity index (χ1v) is 10.7. The number of fused-ring (bicyclic) bond motifs is 2. The van der Waals surface area contributed by atoms with Crippen LogP contribution in [0.1, 0.15) is 37.6 Å². The molecule has 8 nitrogen and oxygen atoms in total. The van der Waals surface area contributed by atoms with Crippen LogP contribution in [0.4, 0.5) is 17.1 Å². The monoisotopic (exact) mass is 414 g/mol. The van der Waals surface area contributed by atoms with Crippen LogP contribution >= 0.6 is 0 Å². The maximum atomic E-state index is 12.8. The number of sulfonamides is 1. The van der Waals surface area contributed by atoms with Crippen molar-refractivity contribution in [2.45, 2.75) is 37.5 Å². The van der Waals surface area contributed by atoms with Gasteiger partial charge in [-0.25, -0.2) is 13.4 Å². The second-order valence-corrected chi connectivity index (χ2v) is 10.6. The lowest BCUT2D eigenvalue weighted by Gasteiger charge is -2.29. The van der Waals surface area contributed by atoms with Gasteiger partial charge in [0.05, 0.1) is 22.2 Å². The summed E-state index contributed by atoms with van der Waals surface area (Å²) in [5.74, 6) is -0.108. The van der Waals surface area contributed by atoms with E-state index in [1.165, 1.54) is 12.4 Å². The maximum Gasteiger partial charge on any atom is 0.237 e. The van der Waals surface area contributed by atoms with Gasteiger partial charge in [0.2, 0.25) is 15.8 Å². The number of anilines is 2. The summed E-state index contributed by atoms with van der Waals surface area (Å²) in [6.07, 6.45) is 3.23. The summed E-state index contributed by atoms with van der Waals surface area (Å²) in [4.78, 5) is 23.1. The fraction of sp³-hybridized carbons (Fsp3) is 0.350. The summed E-state index contributed by atoms with van der Waals surface area (Å²) in [6.45, 7) is 5.29. The highest BCUT2D eigenvalue weighted by atomic mass is 32.2. The van der Waals surface area contributed by atoms with Crippen LogP contribution in [-0.4, -0.2) is 47.0 Å². The van der Waals surface area contributed by atoms with Crippen LogP contribution < -0.4 is 9.62 Å². The van der Waals surface area contributed by atoms with E-state index in [-0.39, 0.29) is 18.0 Å². The molecule has 0 aliphatic carbocycles. The number of carbonyl (C=O) groups excluding carboxylic acids is 1. The van der Waals surface area contributed by atoms with E-state index in [0.717, 1.165) is 0 Å². The summed E-state index contributed by atoms with van der Waals surface area (Å²) >= 11 is 0. The van der Waals surface area contributed by atoms with Crippen molar-refractivity contribution in [1.29, 1.82) is 0 Å². The minimum atomic E-state index is -3.53. The molecule has 1 aromatic carbocycles. The van der Waals surface area contributed by atoms with Crippen molar-refractivity contribution in [2.75, 3.05) is 16.2 Å². The molecule has 1 unspecified atom stereocenters. The fourth-order valence-electron chi connectivity index (χ4n) is 3.36.